The van der Waals surface area contributed by atoms with Crippen LogP contribution >= 0.6 is 11.3 Å². The summed E-state index contributed by atoms with van der Waals surface area (Å²) in [6, 6.07) is 5.23. The van der Waals surface area contributed by atoms with Crippen LogP contribution in [0.5, 0.6) is 5.88 Å². The molecule has 1 saturated heterocycles. The zero-order chi connectivity index (χ0) is 19.7. The number of carbonyl (C=O) groups excluding carboxylic acids is 2. The molecule has 144 valence electrons. The first kappa shape index (κ1) is 18.1. The van der Waals surface area contributed by atoms with Crippen molar-refractivity contribution in [3.8, 4) is 23.0 Å². The van der Waals surface area contributed by atoms with Crippen molar-refractivity contribution in [1.82, 2.24) is 29.5 Å². The summed E-state index contributed by atoms with van der Waals surface area (Å²) in [4.78, 5) is 36.6. The molecule has 0 radical (unpaired) electrons. The van der Waals surface area contributed by atoms with Crippen molar-refractivity contribution in [2.24, 2.45) is 0 Å². The van der Waals surface area contributed by atoms with Gasteiger partial charge < -0.3 is 14.5 Å². The number of carbonyl (C=O) groups is 2. The molecule has 0 bridgehead atoms. The third kappa shape index (κ3) is 3.33. The molecule has 0 unspecified atom stereocenters. The minimum absolute atomic E-state index is 0.0539. The highest BCUT2D eigenvalue weighted by Crippen LogP contribution is 2.25. The third-order valence-corrected chi connectivity index (χ3v) is 5.13. The Hall–Kier alpha value is -3.27. The van der Waals surface area contributed by atoms with Crippen LogP contribution in [0, 0.1) is 0 Å². The van der Waals surface area contributed by atoms with E-state index in [0.29, 0.717) is 36.0 Å². The smallest absolute Gasteiger partial charge is 0.274 e. The van der Waals surface area contributed by atoms with Crippen LogP contribution in [-0.4, -0.2) is 75.2 Å². The van der Waals surface area contributed by atoms with Gasteiger partial charge in [0.25, 0.3) is 5.91 Å². The molecule has 4 rings (SSSR count). The number of rotatable bonds is 4. The topological polar surface area (TPSA) is 93.5 Å². The fraction of sp³-hybridized carbons (Fsp3) is 0.278. The van der Waals surface area contributed by atoms with Crippen LogP contribution in [-0.2, 0) is 4.79 Å². The van der Waals surface area contributed by atoms with E-state index in [1.807, 2.05) is 11.4 Å². The lowest BCUT2D eigenvalue weighted by atomic mass is 10.2. The van der Waals surface area contributed by atoms with E-state index in [4.69, 9.17) is 4.74 Å². The largest absolute Gasteiger partial charge is 0.481 e. The minimum atomic E-state index is -0.279. The lowest BCUT2D eigenvalue weighted by Crippen LogP contribution is -2.50. The molecule has 4 heterocycles. The van der Waals surface area contributed by atoms with Crippen LogP contribution in [0.2, 0.25) is 0 Å². The highest BCUT2D eigenvalue weighted by Gasteiger charge is 2.28. The first-order valence-electron chi connectivity index (χ1n) is 8.59. The van der Waals surface area contributed by atoms with Crippen LogP contribution < -0.4 is 4.74 Å². The second-order valence-corrected chi connectivity index (χ2v) is 7.02. The number of aromatic nitrogens is 4. The summed E-state index contributed by atoms with van der Waals surface area (Å²) in [5.41, 5.74) is 4.05. The third-order valence-electron chi connectivity index (χ3n) is 4.54. The van der Waals surface area contributed by atoms with Gasteiger partial charge in [-0.05, 0) is 12.1 Å². The normalized spacial score (nSPS) is 14.4. The van der Waals surface area contributed by atoms with Crippen molar-refractivity contribution >= 4 is 23.2 Å². The van der Waals surface area contributed by atoms with Crippen molar-refractivity contribution in [2.75, 3.05) is 33.8 Å². The molecule has 3 aromatic rings. The Labute approximate surface area is 165 Å². The van der Waals surface area contributed by atoms with Gasteiger partial charge in [0.2, 0.25) is 11.8 Å². The van der Waals surface area contributed by atoms with Crippen LogP contribution in [0.1, 0.15) is 10.5 Å². The molecule has 2 amide bonds. The summed E-state index contributed by atoms with van der Waals surface area (Å²) in [5, 5.41) is 6.38. The minimum Gasteiger partial charge on any atom is -0.481 e. The highest BCUT2D eigenvalue weighted by molar-refractivity contribution is 7.07. The van der Waals surface area contributed by atoms with Crippen LogP contribution in [0.4, 0.5) is 0 Å². The number of nitrogens with zero attached hydrogens (tertiary/aromatic N) is 6. The Bertz CT molecular complexity index is 999. The summed E-state index contributed by atoms with van der Waals surface area (Å²) < 4.78 is 6.73. The zero-order valence-electron chi connectivity index (χ0n) is 15.4. The summed E-state index contributed by atoms with van der Waals surface area (Å²) >= 11 is 1.46. The molecule has 0 aromatic carbocycles. The number of methoxy groups -OCH3 is 1. The lowest BCUT2D eigenvalue weighted by Gasteiger charge is -2.31. The Morgan fingerprint density at radius 1 is 1.25 bits per heavy atom. The fourth-order valence-electron chi connectivity index (χ4n) is 2.92. The van der Waals surface area contributed by atoms with Crippen LogP contribution in [0.15, 0.2) is 35.3 Å². The molecule has 1 aliphatic rings. The molecule has 0 spiro atoms. The average molecular weight is 398 g/mol. The monoisotopic (exact) mass is 398 g/mol. The second kappa shape index (κ2) is 7.39. The number of ether oxygens (including phenoxy) is 1. The first-order valence-corrected chi connectivity index (χ1v) is 9.53. The Morgan fingerprint density at radius 3 is 2.75 bits per heavy atom. The van der Waals surface area contributed by atoms with Gasteiger partial charge in [-0.1, -0.05) is 0 Å². The molecule has 0 saturated carbocycles. The Morgan fingerprint density at radius 2 is 2.11 bits per heavy atom. The molecule has 1 aliphatic heterocycles. The fourth-order valence-corrected chi connectivity index (χ4v) is 3.46. The van der Waals surface area contributed by atoms with E-state index in [9.17, 15) is 9.59 Å². The molecular formula is C18H18N6O3S. The molecule has 28 heavy (non-hydrogen) atoms. The van der Waals surface area contributed by atoms with Gasteiger partial charge in [0.05, 0.1) is 35.9 Å². The molecule has 1 fully saturated rings. The number of piperazine rings is 1. The number of hydrogen-bond donors (Lipinski definition) is 0. The summed E-state index contributed by atoms with van der Waals surface area (Å²) in [6.45, 7) is 1.04. The van der Waals surface area contributed by atoms with Crippen molar-refractivity contribution in [1.29, 1.82) is 0 Å². The van der Waals surface area contributed by atoms with Gasteiger partial charge in [0, 0.05) is 31.6 Å². The average Bonchev–Trinajstić information content (AvgIpc) is 3.39. The summed E-state index contributed by atoms with van der Waals surface area (Å²) in [6.07, 6.45) is 1.62. The van der Waals surface area contributed by atoms with E-state index in [1.54, 1.807) is 47.6 Å². The molecule has 9 nitrogen and oxygen atoms in total. The molecular weight excluding hydrogens is 380 g/mol. The predicted octanol–water partition coefficient (Wildman–Crippen LogP) is 1.31. The maximum absolute atomic E-state index is 12.9. The van der Waals surface area contributed by atoms with E-state index >= 15 is 0 Å². The van der Waals surface area contributed by atoms with Crippen molar-refractivity contribution in [2.45, 2.75) is 0 Å². The molecule has 3 aromatic heterocycles. The van der Waals surface area contributed by atoms with E-state index < -0.39 is 0 Å². The van der Waals surface area contributed by atoms with Crippen molar-refractivity contribution in [3.05, 3.63) is 41.0 Å². The molecule has 10 heteroatoms. The van der Waals surface area contributed by atoms with Gasteiger partial charge >= 0.3 is 0 Å². The van der Waals surface area contributed by atoms with E-state index in [-0.39, 0.29) is 24.1 Å². The SMILES string of the molecule is COc1ccc(-n2nc(C(=O)N3CCN(C)C(=O)C3)cc2-c2cscn2)cn1. The van der Waals surface area contributed by atoms with Gasteiger partial charge in [-0.3, -0.25) is 9.59 Å². The number of amides is 2. The van der Waals surface area contributed by atoms with E-state index in [1.165, 1.54) is 16.2 Å². The van der Waals surface area contributed by atoms with Gasteiger partial charge in [-0.2, -0.15) is 5.10 Å². The van der Waals surface area contributed by atoms with Crippen molar-refractivity contribution in [3.63, 3.8) is 0 Å². The van der Waals surface area contributed by atoms with Gasteiger partial charge in [0.1, 0.15) is 6.54 Å². The Balaban J connectivity index is 1.71. The van der Waals surface area contributed by atoms with Gasteiger partial charge in [-0.15, -0.1) is 11.3 Å². The number of pyridine rings is 1. The summed E-state index contributed by atoms with van der Waals surface area (Å²) in [7, 11) is 3.28. The van der Waals surface area contributed by atoms with Gasteiger partial charge in [0.15, 0.2) is 5.69 Å². The quantitative estimate of drug-likeness (QED) is 0.658. The number of likely N-dealkylation sites (N-methyl/N-ethyl adjacent to an activating group) is 1. The van der Waals surface area contributed by atoms with Crippen molar-refractivity contribution < 1.29 is 14.3 Å². The Kier molecular flexibility index (Phi) is 4.78. The molecule has 0 N–H and O–H groups in total. The molecule has 0 aliphatic carbocycles. The van der Waals surface area contributed by atoms with Crippen LogP contribution in [0.3, 0.4) is 0 Å². The molecule has 0 atom stereocenters. The summed E-state index contributed by atoms with van der Waals surface area (Å²) in [5.74, 6) is 0.120. The maximum Gasteiger partial charge on any atom is 0.274 e. The second-order valence-electron chi connectivity index (χ2n) is 6.30. The van der Waals surface area contributed by atoms with E-state index in [2.05, 4.69) is 15.1 Å². The number of hydrogen-bond acceptors (Lipinski definition) is 7. The number of thiazole rings is 1. The standard InChI is InChI=1S/C18H18N6O3S/c1-22-5-6-23(9-17(22)25)18(26)13-7-15(14-10-28-11-20-14)24(21-13)12-3-4-16(27-2)19-8-12/h3-4,7-8,10-11H,5-6,9H2,1-2H3. The predicted molar refractivity (Wildman–Crippen MR) is 103 cm³/mol. The van der Waals surface area contributed by atoms with Crippen LogP contribution in [0.25, 0.3) is 17.1 Å². The maximum atomic E-state index is 12.9. The highest BCUT2D eigenvalue weighted by atomic mass is 32.1. The lowest BCUT2D eigenvalue weighted by molar-refractivity contribution is -0.133. The van der Waals surface area contributed by atoms with Gasteiger partial charge in [-0.25, -0.2) is 14.6 Å². The van der Waals surface area contributed by atoms with E-state index in [0.717, 1.165) is 0 Å². The first-order chi connectivity index (χ1) is 13.6. The zero-order valence-corrected chi connectivity index (χ0v) is 16.2.